The van der Waals surface area contributed by atoms with Gasteiger partial charge in [0.2, 0.25) is 11.8 Å². The summed E-state index contributed by atoms with van der Waals surface area (Å²) < 4.78 is 10.4. The summed E-state index contributed by atoms with van der Waals surface area (Å²) in [6, 6.07) is 19.4. The van der Waals surface area contributed by atoms with Crippen LogP contribution >= 0.6 is 0 Å². The summed E-state index contributed by atoms with van der Waals surface area (Å²) >= 11 is 0. The Morgan fingerprint density at radius 2 is 0.932 bits per heavy atom. The van der Waals surface area contributed by atoms with Crippen LogP contribution < -0.4 is 21.3 Å². The van der Waals surface area contributed by atoms with Crippen molar-refractivity contribution >= 4 is 24.0 Å². The minimum atomic E-state index is -0.429. The van der Waals surface area contributed by atoms with Crippen molar-refractivity contribution in [1.29, 1.82) is 0 Å². The smallest absolute Gasteiger partial charge is 0.407 e. The van der Waals surface area contributed by atoms with E-state index in [9.17, 15) is 19.2 Å². The number of nitrogens with one attached hydrogen (secondary N) is 4. The van der Waals surface area contributed by atoms with E-state index in [0.29, 0.717) is 25.9 Å². The molecule has 0 saturated heterocycles. The van der Waals surface area contributed by atoms with E-state index in [0.717, 1.165) is 75.3 Å². The lowest BCUT2D eigenvalue weighted by Gasteiger charge is -2.29. The Balaban J connectivity index is 1.10. The second kappa shape index (κ2) is 20.8. The van der Waals surface area contributed by atoms with E-state index in [1.807, 2.05) is 60.7 Å². The zero-order chi connectivity index (χ0) is 31.2. The number of hydrogen-bond donors (Lipinski definition) is 4. The zero-order valence-electron chi connectivity index (χ0n) is 25.7. The van der Waals surface area contributed by atoms with Crippen LogP contribution in [0.25, 0.3) is 0 Å². The predicted octanol–water partition coefficient (Wildman–Crippen LogP) is 5.50. The van der Waals surface area contributed by atoms with Gasteiger partial charge in [-0.05, 0) is 62.5 Å². The fourth-order valence-electron chi connectivity index (χ4n) is 5.09. The van der Waals surface area contributed by atoms with E-state index in [4.69, 9.17) is 9.47 Å². The highest BCUT2D eigenvalue weighted by molar-refractivity contribution is 5.76. The van der Waals surface area contributed by atoms with Crippen LogP contribution in [0.5, 0.6) is 0 Å². The van der Waals surface area contributed by atoms with Gasteiger partial charge in [0.05, 0.1) is 0 Å². The van der Waals surface area contributed by atoms with E-state index in [-0.39, 0.29) is 37.1 Å². The standard InChI is InChI=1S/C34H48N4O6/c39-31(17-9-3-11-23-35-33(41)43-25-27-13-5-1-6-14-27)37-29-19-21-30(22-20-29)38-32(40)18-10-4-12-24-36-34(42)44-26-28-15-7-2-8-16-28/h1-2,5-8,13-16,29-30H,3-4,9-12,17-26H2,(H,35,41)(H,36,42)(H,37,39)(H,38,40). The molecule has 0 unspecified atom stereocenters. The summed E-state index contributed by atoms with van der Waals surface area (Å²) in [5.74, 6) is 0.123. The van der Waals surface area contributed by atoms with Crippen molar-refractivity contribution in [2.75, 3.05) is 13.1 Å². The van der Waals surface area contributed by atoms with Crippen molar-refractivity contribution in [1.82, 2.24) is 21.3 Å². The lowest BCUT2D eigenvalue weighted by molar-refractivity contribution is -0.123. The van der Waals surface area contributed by atoms with Gasteiger partial charge in [-0.25, -0.2) is 9.59 Å². The molecule has 4 amide bonds. The Bertz CT molecular complexity index is 1030. The normalized spacial score (nSPS) is 15.9. The number of carbonyl (C=O) groups excluding carboxylic acids is 4. The van der Waals surface area contributed by atoms with Gasteiger partial charge in [0, 0.05) is 38.0 Å². The van der Waals surface area contributed by atoms with Crippen LogP contribution in [0.4, 0.5) is 9.59 Å². The first-order chi connectivity index (χ1) is 21.5. The number of amides is 4. The van der Waals surface area contributed by atoms with Gasteiger partial charge in [-0.1, -0.05) is 73.5 Å². The van der Waals surface area contributed by atoms with E-state index in [1.54, 1.807) is 0 Å². The summed E-state index contributed by atoms with van der Waals surface area (Å²) in [6.45, 7) is 1.54. The average molecular weight is 609 g/mol. The number of carbonyl (C=O) groups is 4. The SMILES string of the molecule is O=C(CCCCCNC(=O)OCc1ccccc1)NC1CCC(NC(=O)CCCCCNC(=O)OCc2ccccc2)CC1. The van der Waals surface area contributed by atoms with E-state index < -0.39 is 12.2 Å². The van der Waals surface area contributed by atoms with Crippen LogP contribution in [0.1, 0.15) is 88.2 Å². The summed E-state index contributed by atoms with van der Waals surface area (Å²) in [4.78, 5) is 48.3. The molecule has 0 aliphatic heterocycles. The molecule has 0 spiro atoms. The first-order valence-electron chi connectivity index (χ1n) is 16.0. The van der Waals surface area contributed by atoms with Crippen molar-refractivity contribution < 1.29 is 28.7 Å². The monoisotopic (exact) mass is 608 g/mol. The van der Waals surface area contributed by atoms with Crippen LogP contribution in [0.2, 0.25) is 0 Å². The predicted molar refractivity (Wildman–Crippen MR) is 169 cm³/mol. The maximum absolute atomic E-state index is 12.4. The van der Waals surface area contributed by atoms with Crippen molar-refractivity contribution in [3.05, 3.63) is 71.8 Å². The zero-order valence-corrected chi connectivity index (χ0v) is 25.7. The molecule has 3 rings (SSSR count). The average Bonchev–Trinajstić information content (AvgIpc) is 3.04. The highest BCUT2D eigenvalue weighted by Crippen LogP contribution is 2.19. The Hall–Kier alpha value is -4.08. The molecule has 10 nitrogen and oxygen atoms in total. The summed E-state index contributed by atoms with van der Waals surface area (Å²) in [6.07, 6.45) is 8.34. The quantitative estimate of drug-likeness (QED) is 0.165. The summed E-state index contributed by atoms with van der Waals surface area (Å²) in [5.41, 5.74) is 1.89. The Morgan fingerprint density at radius 3 is 1.32 bits per heavy atom. The summed E-state index contributed by atoms with van der Waals surface area (Å²) in [5, 5.41) is 11.8. The molecule has 1 saturated carbocycles. The van der Waals surface area contributed by atoms with Crippen molar-refractivity contribution in [2.45, 2.75) is 102 Å². The van der Waals surface area contributed by atoms with Crippen LogP contribution in [0, 0.1) is 0 Å². The molecule has 1 aliphatic carbocycles. The second-order valence-corrected chi connectivity index (χ2v) is 11.3. The molecule has 10 heteroatoms. The number of unbranched alkanes of at least 4 members (excludes halogenated alkanes) is 4. The number of alkyl carbamates (subject to hydrolysis) is 2. The van der Waals surface area contributed by atoms with Gasteiger partial charge in [-0.15, -0.1) is 0 Å². The van der Waals surface area contributed by atoms with Crippen molar-refractivity contribution in [3.63, 3.8) is 0 Å². The molecule has 2 aromatic rings. The first kappa shape index (κ1) is 34.4. The molecule has 4 N–H and O–H groups in total. The van der Waals surface area contributed by atoms with Gasteiger partial charge in [0.1, 0.15) is 13.2 Å². The fraction of sp³-hybridized carbons (Fsp3) is 0.529. The van der Waals surface area contributed by atoms with Crippen LogP contribution in [0.3, 0.4) is 0 Å². The van der Waals surface area contributed by atoms with E-state index >= 15 is 0 Å². The van der Waals surface area contributed by atoms with Crippen molar-refractivity contribution in [2.24, 2.45) is 0 Å². The Labute approximate surface area is 261 Å². The van der Waals surface area contributed by atoms with Gasteiger partial charge in [0.15, 0.2) is 0 Å². The van der Waals surface area contributed by atoms with Gasteiger partial charge < -0.3 is 30.7 Å². The molecular weight excluding hydrogens is 560 g/mol. The second-order valence-electron chi connectivity index (χ2n) is 11.3. The third-order valence-electron chi connectivity index (χ3n) is 7.58. The highest BCUT2D eigenvalue weighted by Gasteiger charge is 2.23. The molecule has 0 aromatic heterocycles. The molecule has 240 valence electrons. The third-order valence-corrected chi connectivity index (χ3v) is 7.58. The molecular formula is C34H48N4O6. The van der Waals surface area contributed by atoms with Crippen molar-refractivity contribution in [3.8, 4) is 0 Å². The summed E-state index contributed by atoms with van der Waals surface area (Å²) in [7, 11) is 0. The van der Waals surface area contributed by atoms with Crippen LogP contribution in [-0.2, 0) is 32.3 Å². The van der Waals surface area contributed by atoms with Gasteiger partial charge in [-0.3, -0.25) is 9.59 Å². The molecule has 0 heterocycles. The largest absolute Gasteiger partial charge is 0.445 e. The maximum Gasteiger partial charge on any atom is 0.407 e. The number of rotatable bonds is 18. The van der Waals surface area contributed by atoms with Gasteiger partial charge in [0.25, 0.3) is 0 Å². The first-order valence-corrected chi connectivity index (χ1v) is 16.0. The van der Waals surface area contributed by atoms with Gasteiger partial charge >= 0.3 is 12.2 Å². The highest BCUT2D eigenvalue weighted by atomic mass is 16.6. The fourth-order valence-corrected chi connectivity index (χ4v) is 5.09. The molecule has 0 radical (unpaired) electrons. The number of ether oxygens (including phenoxy) is 2. The molecule has 1 fully saturated rings. The van der Waals surface area contributed by atoms with Crippen LogP contribution in [0.15, 0.2) is 60.7 Å². The maximum atomic E-state index is 12.4. The molecule has 1 aliphatic rings. The lowest BCUT2D eigenvalue weighted by Crippen LogP contribution is -2.43. The third kappa shape index (κ3) is 15.4. The van der Waals surface area contributed by atoms with Crippen LogP contribution in [-0.4, -0.2) is 49.2 Å². The topological polar surface area (TPSA) is 135 Å². The Morgan fingerprint density at radius 1 is 0.545 bits per heavy atom. The molecule has 0 bridgehead atoms. The number of benzene rings is 2. The molecule has 0 atom stereocenters. The lowest BCUT2D eigenvalue weighted by atomic mass is 9.91. The molecule has 2 aromatic carbocycles. The van der Waals surface area contributed by atoms with E-state index in [2.05, 4.69) is 21.3 Å². The number of hydrogen-bond acceptors (Lipinski definition) is 6. The minimum Gasteiger partial charge on any atom is -0.445 e. The van der Waals surface area contributed by atoms with E-state index in [1.165, 1.54) is 0 Å². The minimum absolute atomic E-state index is 0.0617. The molecule has 44 heavy (non-hydrogen) atoms. The Kier molecular flexibility index (Phi) is 16.2. The van der Waals surface area contributed by atoms with Gasteiger partial charge in [-0.2, -0.15) is 0 Å².